The number of aldehydes is 1. The number of carbonyl (C=O) groups is 2. The number of fused-ring (bicyclic) bond motifs is 1. The predicted octanol–water partition coefficient (Wildman–Crippen LogP) is 4.11. The maximum absolute atomic E-state index is 11.9. The van der Waals surface area contributed by atoms with E-state index in [1.54, 1.807) is 0 Å². The van der Waals surface area contributed by atoms with Crippen molar-refractivity contribution in [3.05, 3.63) is 71.4 Å². The van der Waals surface area contributed by atoms with Gasteiger partial charge in [-0.15, -0.1) is 0 Å². The monoisotopic (exact) mass is 364 g/mol. The number of nitrogens with one attached hydrogen (secondary N) is 2. The van der Waals surface area contributed by atoms with E-state index in [2.05, 4.69) is 10.3 Å². The van der Waals surface area contributed by atoms with Gasteiger partial charge < -0.3 is 19.8 Å². The Balaban J connectivity index is 1.65. The summed E-state index contributed by atoms with van der Waals surface area (Å²) in [6.45, 7) is 4.44. The molecule has 0 aliphatic heterocycles. The molecule has 1 heterocycles. The molecule has 0 radical (unpaired) electrons. The van der Waals surface area contributed by atoms with Crippen molar-refractivity contribution in [2.75, 3.05) is 6.54 Å². The number of para-hydroxylation sites is 1. The van der Waals surface area contributed by atoms with E-state index in [1.165, 1.54) is 0 Å². The first-order valence-electron chi connectivity index (χ1n) is 9.02. The lowest BCUT2D eigenvalue weighted by Crippen LogP contribution is -2.27. The Kier molecular flexibility index (Phi) is 5.60. The molecule has 0 saturated heterocycles. The van der Waals surface area contributed by atoms with Gasteiger partial charge >= 0.3 is 6.09 Å². The summed E-state index contributed by atoms with van der Waals surface area (Å²) >= 11 is 0. The van der Waals surface area contributed by atoms with Crippen molar-refractivity contribution < 1.29 is 14.3 Å². The Morgan fingerprint density at radius 1 is 1.11 bits per heavy atom. The number of hydrogen-bond acceptors (Lipinski definition) is 3. The van der Waals surface area contributed by atoms with Crippen molar-refractivity contribution in [3.63, 3.8) is 0 Å². The van der Waals surface area contributed by atoms with Crippen LogP contribution in [0.15, 0.2) is 54.6 Å². The van der Waals surface area contributed by atoms with E-state index in [0.29, 0.717) is 13.0 Å². The molecule has 0 atom stereocenters. The van der Waals surface area contributed by atoms with Crippen molar-refractivity contribution in [1.82, 2.24) is 10.3 Å². The first-order valence-corrected chi connectivity index (χ1v) is 9.02. The number of ether oxygens (including phenoxy) is 1. The van der Waals surface area contributed by atoms with Crippen molar-refractivity contribution in [3.8, 4) is 0 Å². The Morgan fingerprint density at radius 2 is 1.81 bits per heavy atom. The fourth-order valence-corrected chi connectivity index (χ4v) is 3.13. The molecule has 0 unspecified atom stereocenters. The van der Waals surface area contributed by atoms with Crippen LogP contribution in [0.2, 0.25) is 0 Å². The molecular weight excluding hydrogens is 340 g/mol. The molecule has 1 amide bonds. The maximum Gasteiger partial charge on any atom is 0.407 e. The summed E-state index contributed by atoms with van der Waals surface area (Å²) in [4.78, 5) is 26.9. The van der Waals surface area contributed by atoms with Crippen LogP contribution in [-0.4, -0.2) is 23.9 Å². The molecule has 2 aromatic carbocycles. The van der Waals surface area contributed by atoms with Crippen molar-refractivity contribution in [1.29, 1.82) is 0 Å². The molecule has 140 valence electrons. The minimum Gasteiger partial charge on any atom is -0.445 e. The van der Waals surface area contributed by atoms with E-state index in [-0.39, 0.29) is 6.61 Å². The Hall–Kier alpha value is -3.08. The molecule has 5 heteroatoms. The molecule has 0 aliphatic rings. The third-order valence-corrected chi connectivity index (χ3v) is 4.61. The van der Waals surface area contributed by atoms with Crippen LogP contribution in [0.1, 0.15) is 30.7 Å². The van der Waals surface area contributed by atoms with Crippen LogP contribution in [0.3, 0.4) is 0 Å². The summed E-state index contributed by atoms with van der Waals surface area (Å²) in [6, 6.07) is 17.5. The molecule has 0 saturated carbocycles. The number of rotatable bonds is 7. The molecule has 3 aromatic rings. The molecule has 2 N–H and O–H groups in total. The van der Waals surface area contributed by atoms with Crippen molar-refractivity contribution in [2.24, 2.45) is 0 Å². The Labute approximate surface area is 158 Å². The van der Waals surface area contributed by atoms with E-state index >= 15 is 0 Å². The second-order valence-corrected chi connectivity index (χ2v) is 7.10. The van der Waals surface area contributed by atoms with Crippen LogP contribution in [0.4, 0.5) is 4.79 Å². The summed E-state index contributed by atoms with van der Waals surface area (Å²) in [5, 5.41) is 3.86. The fraction of sp³-hybridized carbons (Fsp3) is 0.273. The molecule has 1 aromatic heterocycles. The van der Waals surface area contributed by atoms with Crippen LogP contribution >= 0.6 is 0 Å². The van der Waals surface area contributed by atoms with E-state index in [1.807, 2.05) is 68.4 Å². The Morgan fingerprint density at radius 3 is 2.56 bits per heavy atom. The van der Waals surface area contributed by atoms with E-state index < -0.39 is 11.5 Å². The predicted molar refractivity (Wildman–Crippen MR) is 106 cm³/mol. The molecule has 27 heavy (non-hydrogen) atoms. The summed E-state index contributed by atoms with van der Waals surface area (Å²) in [6.07, 6.45) is 1.11. The van der Waals surface area contributed by atoms with Gasteiger partial charge in [-0.1, -0.05) is 48.5 Å². The minimum atomic E-state index is -0.623. The average Bonchev–Trinajstić information content (AvgIpc) is 3.07. The van der Waals surface area contributed by atoms with Gasteiger partial charge in [-0.05, 0) is 37.5 Å². The van der Waals surface area contributed by atoms with Gasteiger partial charge in [-0.25, -0.2) is 4.79 Å². The standard InChI is InChI=1S/C22H24N2O3/c1-22(2,15-25)20-18(17-10-6-7-11-19(17)24-20)12-13-23-21(26)27-14-16-8-4-3-5-9-16/h3-11,15,24H,12-14H2,1-2H3,(H,23,26). The number of aromatic amines is 1. The highest BCUT2D eigenvalue weighted by atomic mass is 16.5. The van der Waals surface area contributed by atoms with Gasteiger partial charge in [0.1, 0.15) is 12.9 Å². The average molecular weight is 364 g/mol. The quantitative estimate of drug-likeness (QED) is 0.620. The number of amides is 1. The zero-order valence-electron chi connectivity index (χ0n) is 15.6. The largest absolute Gasteiger partial charge is 0.445 e. The number of H-pyrrole nitrogens is 1. The maximum atomic E-state index is 11.9. The van der Waals surface area contributed by atoms with Crippen LogP contribution < -0.4 is 5.32 Å². The highest BCUT2D eigenvalue weighted by Crippen LogP contribution is 2.30. The summed E-state index contributed by atoms with van der Waals surface area (Å²) in [7, 11) is 0. The number of carbonyl (C=O) groups excluding carboxylic acids is 2. The molecule has 0 aliphatic carbocycles. The van der Waals surface area contributed by atoms with Crippen LogP contribution in [-0.2, 0) is 28.0 Å². The smallest absolute Gasteiger partial charge is 0.407 e. The van der Waals surface area contributed by atoms with Gasteiger partial charge in [-0.2, -0.15) is 0 Å². The number of benzene rings is 2. The first kappa shape index (κ1) is 18.7. The van der Waals surface area contributed by atoms with Crippen molar-refractivity contribution in [2.45, 2.75) is 32.3 Å². The van der Waals surface area contributed by atoms with Gasteiger partial charge in [0, 0.05) is 23.1 Å². The molecule has 0 fully saturated rings. The summed E-state index contributed by atoms with van der Waals surface area (Å²) in [5.74, 6) is 0. The second-order valence-electron chi connectivity index (χ2n) is 7.10. The van der Waals surface area contributed by atoms with Crippen LogP contribution in [0, 0.1) is 0 Å². The Bertz CT molecular complexity index is 929. The zero-order chi connectivity index (χ0) is 19.3. The van der Waals surface area contributed by atoms with Gasteiger partial charge in [0.25, 0.3) is 0 Å². The lowest BCUT2D eigenvalue weighted by atomic mass is 9.87. The number of alkyl carbamates (subject to hydrolysis) is 1. The van der Waals surface area contributed by atoms with Crippen LogP contribution in [0.25, 0.3) is 10.9 Å². The molecule has 0 spiro atoms. The summed E-state index contributed by atoms with van der Waals surface area (Å²) < 4.78 is 5.24. The number of aromatic nitrogens is 1. The lowest BCUT2D eigenvalue weighted by Gasteiger charge is -2.18. The van der Waals surface area contributed by atoms with Gasteiger partial charge in [0.05, 0.1) is 5.41 Å². The molecular formula is C22H24N2O3. The SMILES string of the molecule is CC(C)(C=O)c1[nH]c2ccccc2c1CCNC(=O)OCc1ccccc1. The minimum absolute atomic E-state index is 0.239. The summed E-state index contributed by atoms with van der Waals surface area (Å²) in [5.41, 5.74) is 3.25. The topological polar surface area (TPSA) is 71.2 Å². The van der Waals surface area contributed by atoms with Gasteiger partial charge in [0.15, 0.2) is 0 Å². The normalized spacial score (nSPS) is 11.3. The second kappa shape index (κ2) is 8.08. The first-order chi connectivity index (χ1) is 13.0. The molecule has 3 rings (SSSR count). The molecule has 0 bridgehead atoms. The number of hydrogen-bond donors (Lipinski definition) is 2. The van der Waals surface area contributed by atoms with Gasteiger partial charge in [0.2, 0.25) is 0 Å². The van der Waals surface area contributed by atoms with E-state index in [9.17, 15) is 9.59 Å². The van der Waals surface area contributed by atoms with E-state index in [0.717, 1.165) is 34.0 Å². The third kappa shape index (κ3) is 4.37. The third-order valence-electron chi connectivity index (χ3n) is 4.61. The van der Waals surface area contributed by atoms with Crippen molar-refractivity contribution >= 4 is 23.3 Å². The van der Waals surface area contributed by atoms with Gasteiger partial charge in [-0.3, -0.25) is 0 Å². The van der Waals surface area contributed by atoms with E-state index in [4.69, 9.17) is 4.74 Å². The molecule has 5 nitrogen and oxygen atoms in total. The fourth-order valence-electron chi connectivity index (χ4n) is 3.13. The highest BCUT2D eigenvalue weighted by molar-refractivity contribution is 5.87. The highest BCUT2D eigenvalue weighted by Gasteiger charge is 2.26. The van der Waals surface area contributed by atoms with Crippen LogP contribution in [0.5, 0.6) is 0 Å². The lowest BCUT2D eigenvalue weighted by molar-refractivity contribution is -0.111. The zero-order valence-corrected chi connectivity index (χ0v) is 15.6.